The highest BCUT2D eigenvalue weighted by atomic mass is 15.2. The molecule has 2 heteroatoms. The lowest BCUT2D eigenvalue weighted by Gasteiger charge is -2.37. The average molecular weight is 705 g/mol. The Labute approximate surface area is 322 Å². The van der Waals surface area contributed by atoms with E-state index in [2.05, 4.69) is 169 Å². The van der Waals surface area contributed by atoms with Gasteiger partial charge in [-0.05, 0) is 132 Å². The molecule has 0 unspecified atom stereocenters. The lowest BCUT2D eigenvalue weighted by molar-refractivity contribution is 0.436. The van der Waals surface area contributed by atoms with Crippen molar-refractivity contribution in [1.29, 1.82) is 0 Å². The number of rotatable bonds is 8. The van der Waals surface area contributed by atoms with Gasteiger partial charge in [-0.3, -0.25) is 0 Å². The molecule has 0 N–H and O–H groups in total. The summed E-state index contributed by atoms with van der Waals surface area (Å²) in [5, 5.41) is 5.26. The Bertz CT molecular complexity index is 2180. The van der Waals surface area contributed by atoms with Crippen LogP contribution in [0, 0.1) is 13.8 Å². The molecule has 0 radical (unpaired) electrons. The summed E-state index contributed by atoms with van der Waals surface area (Å²) in [4.78, 5) is 5.32. The molecule has 0 aliphatic heterocycles. The van der Waals surface area contributed by atoms with Crippen LogP contribution in [-0.2, 0) is 0 Å². The molecule has 7 aromatic rings. The summed E-state index contributed by atoms with van der Waals surface area (Å²) in [5.74, 6) is 0. The van der Waals surface area contributed by atoms with Crippen LogP contribution in [0.1, 0.15) is 75.3 Å². The molecule has 0 bridgehead atoms. The van der Waals surface area contributed by atoms with Gasteiger partial charge in [-0.15, -0.1) is 0 Å². The van der Waals surface area contributed by atoms with E-state index in [1.54, 1.807) is 0 Å². The van der Waals surface area contributed by atoms with Gasteiger partial charge in [0, 0.05) is 34.8 Å². The molecular formula is C52H52N2. The van der Waals surface area contributed by atoms with Crippen molar-refractivity contribution in [1.82, 2.24) is 0 Å². The highest BCUT2D eigenvalue weighted by molar-refractivity contribution is 6.22. The van der Waals surface area contributed by atoms with Crippen molar-refractivity contribution in [3.8, 4) is 22.3 Å². The van der Waals surface area contributed by atoms with Crippen molar-refractivity contribution in [2.75, 3.05) is 9.80 Å². The van der Waals surface area contributed by atoms with E-state index in [0.717, 1.165) is 0 Å². The average Bonchev–Trinajstić information content (AvgIpc) is 3.23. The lowest BCUT2D eigenvalue weighted by atomic mass is 9.84. The summed E-state index contributed by atoms with van der Waals surface area (Å²) in [5.41, 5.74) is 12.9. The van der Waals surface area contributed by atoms with Gasteiger partial charge in [0.15, 0.2) is 0 Å². The smallest absolute Gasteiger partial charge is 0.0420 e. The SMILES string of the molecule is Cc1ccc(-c2c(-c3ccc(C)cc3)c3ccc(N(c4ccccc4)C4CCCCC4)cc3c3cc(N(c4ccccc4)C4CCCCC4)ccc23)cc1. The number of fused-ring (bicyclic) bond motifs is 3. The minimum atomic E-state index is 0.490. The highest BCUT2D eigenvalue weighted by Crippen LogP contribution is 2.48. The molecule has 0 amide bonds. The normalized spacial score (nSPS) is 15.4. The van der Waals surface area contributed by atoms with Gasteiger partial charge in [0.05, 0.1) is 0 Å². The molecule has 270 valence electrons. The molecule has 54 heavy (non-hydrogen) atoms. The zero-order valence-corrected chi connectivity index (χ0v) is 32.0. The fourth-order valence-electron chi connectivity index (χ4n) is 9.55. The maximum Gasteiger partial charge on any atom is 0.0420 e. The molecule has 0 atom stereocenters. The largest absolute Gasteiger partial charge is 0.338 e. The fraction of sp³-hybridized carbons (Fsp3) is 0.269. The number of nitrogens with zero attached hydrogens (tertiary/aromatic N) is 2. The number of aryl methyl sites for hydroxylation is 2. The van der Waals surface area contributed by atoms with Gasteiger partial charge in [-0.1, -0.05) is 147 Å². The van der Waals surface area contributed by atoms with Crippen molar-refractivity contribution < 1.29 is 0 Å². The first kappa shape index (κ1) is 34.4. The molecule has 0 saturated heterocycles. The molecule has 7 aromatic carbocycles. The molecule has 0 aromatic heterocycles. The van der Waals surface area contributed by atoms with Crippen molar-refractivity contribution in [3.63, 3.8) is 0 Å². The van der Waals surface area contributed by atoms with E-state index >= 15 is 0 Å². The van der Waals surface area contributed by atoms with Crippen molar-refractivity contribution in [3.05, 3.63) is 157 Å². The van der Waals surface area contributed by atoms with E-state index in [1.807, 2.05) is 0 Å². The van der Waals surface area contributed by atoms with Gasteiger partial charge in [0.25, 0.3) is 0 Å². The summed E-state index contributed by atoms with van der Waals surface area (Å²) < 4.78 is 0. The second kappa shape index (κ2) is 15.2. The van der Waals surface area contributed by atoms with Crippen LogP contribution in [0.5, 0.6) is 0 Å². The number of hydrogen-bond acceptors (Lipinski definition) is 2. The van der Waals surface area contributed by atoms with E-state index in [0.29, 0.717) is 12.1 Å². The summed E-state index contributed by atoms with van der Waals surface area (Å²) in [7, 11) is 0. The van der Waals surface area contributed by atoms with Crippen LogP contribution in [0.3, 0.4) is 0 Å². The topological polar surface area (TPSA) is 6.48 Å². The van der Waals surface area contributed by atoms with Crippen LogP contribution in [-0.4, -0.2) is 12.1 Å². The Hall–Kier alpha value is -5.34. The van der Waals surface area contributed by atoms with E-state index in [9.17, 15) is 0 Å². The van der Waals surface area contributed by atoms with Gasteiger partial charge in [0.2, 0.25) is 0 Å². The van der Waals surface area contributed by atoms with Gasteiger partial charge in [0.1, 0.15) is 0 Å². The van der Waals surface area contributed by atoms with E-state index in [-0.39, 0.29) is 0 Å². The van der Waals surface area contributed by atoms with Gasteiger partial charge in [-0.25, -0.2) is 0 Å². The molecule has 2 nitrogen and oxygen atoms in total. The number of para-hydroxylation sites is 2. The molecule has 2 aliphatic carbocycles. The first-order valence-corrected chi connectivity index (χ1v) is 20.5. The Morgan fingerprint density at radius 2 is 0.722 bits per heavy atom. The Balaban J connectivity index is 1.35. The minimum absolute atomic E-state index is 0.490. The third-order valence-electron chi connectivity index (χ3n) is 12.3. The first-order chi connectivity index (χ1) is 26.6. The molecule has 2 saturated carbocycles. The van der Waals surface area contributed by atoms with Gasteiger partial charge < -0.3 is 9.80 Å². The van der Waals surface area contributed by atoms with Crippen LogP contribution in [0.15, 0.2) is 146 Å². The monoisotopic (exact) mass is 704 g/mol. The maximum atomic E-state index is 2.66. The number of hydrogen-bond donors (Lipinski definition) is 0. The maximum absolute atomic E-state index is 2.66. The molecule has 0 heterocycles. The second-order valence-electron chi connectivity index (χ2n) is 15.9. The Morgan fingerprint density at radius 3 is 1.09 bits per heavy atom. The lowest BCUT2D eigenvalue weighted by Crippen LogP contribution is -2.33. The predicted molar refractivity (Wildman–Crippen MR) is 233 cm³/mol. The standard InChI is InChI=1S/C52H52N2/c1-37-23-27-39(28-24-37)51-47-33-31-45(53(41-15-7-3-8-16-41)42-17-9-4-10-18-42)35-49(47)50-36-46(32-34-48(50)52(51)40-29-25-38(2)26-30-40)54(43-19-11-5-12-20-43)44-21-13-6-14-22-44/h3,5,7-8,11-12,15-16,19-20,23-36,42,44H,4,6,9-10,13-14,17-18,21-22H2,1-2H3. The van der Waals surface area contributed by atoms with Gasteiger partial charge in [-0.2, -0.15) is 0 Å². The third kappa shape index (κ3) is 6.68. The first-order valence-electron chi connectivity index (χ1n) is 20.5. The number of anilines is 4. The minimum Gasteiger partial charge on any atom is -0.338 e. The fourth-order valence-corrected chi connectivity index (χ4v) is 9.55. The third-order valence-corrected chi connectivity index (χ3v) is 12.3. The van der Waals surface area contributed by atoms with Crippen molar-refractivity contribution in [2.24, 2.45) is 0 Å². The second-order valence-corrected chi connectivity index (χ2v) is 15.9. The van der Waals surface area contributed by atoms with E-state index in [4.69, 9.17) is 0 Å². The van der Waals surface area contributed by atoms with Gasteiger partial charge >= 0.3 is 0 Å². The number of benzene rings is 7. The zero-order valence-electron chi connectivity index (χ0n) is 32.0. The van der Waals surface area contributed by atoms with Crippen LogP contribution >= 0.6 is 0 Å². The molecule has 0 spiro atoms. The summed E-state index contributed by atoms with van der Waals surface area (Å²) >= 11 is 0. The quantitative estimate of drug-likeness (QED) is 0.145. The molecule has 2 fully saturated rings. The summed E-state index contributed by atoms with van der Waals surface area (Å²) in [6.07, 6.45) is 12.8. The highest BCUT2D eigenvalue weighted by Gasteiger charge is 2.27. The van der Waals surface area contributed by atoms with E-state index in [1.165, 1.54) is 142 Å². The zero-order chi connectivity index (χ0) is 36.4. The van der Waals surface area contributed by atoms with Crippen molar-refractivity contribution >= 4 is 44.3 Å². The molecular weight excluding hydrogens is 653 g/mol. The van der Waals surface area contributed by atoms with Crippen LogP contribution in [0.25, 0.3) is 43.8 Å². The van der Waals surface area contributed by atoms with Crippen LogP contribution < -0.4 is 9.80 Å². The molecule has 9 rings (SSSR count). The van der Waals surface area contributed by atoms with Crippen LogP contribution in [0.4, 0.5) is 22.7 Å². The van der Waals surface area contributed by atoms with E-state index < -0.39 is 0 Å². The summed E-state index contributed by atoms with van der Waals surface area (Å²) in [6.45, 7) is 4.37. The van der Waals surface area contributed by atoms with Crippen LogP contribution in [0.2, 0.25) is 0 Å². The molecule has 2 aliphatic rings. The van der Waals surface area contributed by atoms with Crippen molar-refractivity contribution in [2.45, 2.75) is 90.1 Å². The predicted octanol–water partition coefficient (Wildman–Crippen LogP) is 14.9. The summed E-state index contributed by atoms with van der Waals surface area (Å²) in [6, 6.07) is 56.4. The Morgan fingerprint density at radius 1 is 0.352 bits per heavy atom. The Kier molecular flexibility index (Phi) is 9.68.